The maximum absolute atomic E-state index is 13.1. The lowest BCUT2D eigenvalue weighted by Crippen LogP contribution is -2.46. The molecule has 2 unspecified atom stereocenters. The number of rotatable bonds is 4. The van der Waals surface area contributed by atoms with E-state index in [-0.39, 0.29) is 11.1 Å². The molecule has 0 aliphatic carbocycles. The van der Waals surface area contributed by atoms with Crippen molar-refractivity contribution >= 4 is 25.7 Å². The largest absolute Gasteiger partial charge is 0.421 e. The van der Waals surface area contributed by atoms with Crippen molar-refractivity contribution in [2.75, 3.05) is 4.90 Å². The van der Waals surface area contributed by atoms with Gasteiger partial charge in [0.15, 0.2) is 8.32 Å². The van der Waals surface area contributed by atoms with E-state index in [2.05, 4.69) is 46.7 Å². The summed E-state index contributed by atoms with van der Waals surface area (Å²) < 4.78 is 12.3. The molecule has 2 aromatic carbocycles. The molecule has 0 bridgehead atoms. The molecule has 2 aromatic rings. The smallest absolute Gasteiger partial charge is 0.410 e. The second-order valence-corrected chi connectivity index (χ2v) is 14.1. The summed E-state index contributed by atoms with van der Waals surface area (Å²) in [6, 6.07) is 16.2. The molecule has 162 valence electrons. The van der Waals surface area contributed by atoms with Gasteiger partial charge in [0.05, 0.1) is 11.8 Å². The number of carbonyl (C=O) groups is 1. The minimum absolute atomic E-state index is 0.0903. The first-order chi connectivity index (χ1) is 14.5. The van der Waals surface area contributed by atoms with Crippen LogP contribution in [0.4, 0.5) is 10.5 Å². The van der Waals surface area contributed by atoms with Crippen LogP contribution in [0.25, 0.3) is 5.57 Å². The van der Waals surface area contributed by atoms with Crippen LogP contribution in [0.15, 0.2) is 60.7 Å². The maximum atomic E-state index is 13.1. The van der Waals surface area contributed by atoms with Gasteiger partial charge in [-0.1, -0.05) is 63.1 Å². The zero-order valence-electron chi connectivity index (χ0n) is 19.2. The third-order valence-electron chi connectivity index (χ3n) is 6.12. The summed E-state index contributed by atoms with van der Waals surface area (Å²) >= 11 is 0. The third kappa shape index (κ3) is 4.76. The van der Waals surface area contributed by atoms with Gasteiger partial charge in [-0.15, -0.1) is 6.42 Å². The monoisotopic (exact) mass is 433 g/mol. The quantitative estimate of drug-likeness (QED) is 0.408. The Balaban J connectivity index is 1.97. The molecule has 5 heteroatoms. The molecule has 1 amide bonds. The van der Waals surface area contributed by atoms with Gasteiger partial charge in [-0.05, 0) is 54.9 Å². The van der Waals surface area contributed by atoms with E-state index in [0.29, 0.717) is 5.75 Å². The van der Waals surface area contributed by atoms with Crippen LogP contribution >= 0.6 is 0 Å². The molecule has 4 nitrogen and oxygen atoms in total. The average Bonchev–Trinajstić information content (AvgIpc) is 2.71. The summed E-state index contributed by atoms with van der Waals surface area (Å²) in [4.78, 5) is 14.6. The number of hydrogen-bond donors (Lipinski definition) is 0. The van der Waals surface area contributed by atoms with E-state index in [1.807, 2.05) is 48.5 Å². The average molecular weight is 434 g/mol. The molecule has 2 atom stereocenters. The van der Waals surface area contributed by atoms with Crippen LogP contribution in [0, 0.1) is 12.3 Å². The lowest BCUT2D eigenvalue weighted by molar-refractivity contribution is 0.207. The Morgan fingerprint density at radius 3 is 2.32 bits per heavy atom. The topological polar surface area (TPSA) is 38.8 Å². The molecular formula is C26H31NO3Si. The maximum Gasteiger partial charge on any atom is 0.421 e. The van der Waals surface area contributed by atoms with Crippen molar-refractivity contribution in [1.29, 1.82) is 0 Å². The zero-order chi connectivity index (χ0) is 22.8. The Labute approximate surface area is 187 Å². The van der Waals surface area contributed by atoms with Crippen molar-refractivity contribution in [3.63, 3.8) is 0 Å². The lowest BCUT2D eigenvalue weighted by atomic mass is 9.92. The number of anilines is 1. The van der Waals surface area contributed by atoms with Crippen LogP contribution in [0.1, 0.15) is 33.3 Å². The number of terminal acetylenes is 1. The van der Waals surface area contributed by atoms with Gasteiger partial charge in [0.25, 0.3) is 0 Å². The fourth-order valence-electron chi connectivity index (χ4n) is 3.42. The van der Waals surface area contributed by atoms with Crippen molar-refractivity contribution in [2.45, 2.75) is 58.0 Å². The molecular weight excluding hydrogens is 402 g/mol. The minimum atomic E-state index is -1.99. The summed E-state index contributed by atoms with van der Waals surface area (Å²) in [6.07, 6.45) is 7.16. The van der Waals surface area contributed by atoms with E-state index in [4.69, 9.17) is 15.6 Å². The van der Waals surface area contributed by atoms with E-state index >= 15 is 0 Å². The first kappa shape index (κ1) is 22.9. The molecule has 0 N–H and O–H groups in total. The fourth-order valence-corrected chi connectivity index (χ4v) is 4.79. The molecule has 0 aromatic heterocycles. The number of amides is 1. The Morgan fingerprint density at radius 1 is 1.10 bits per heavy atom. The van der Waals surface area contributed by atoms with Crippen LogP contribution in [0.5, 0.6) is 5.75 Å². The van der Waals surface area contributed by atoms with Gasteiger partial charge < -0.3 is 9.16 Å². The molecule has 0 spiro atoms. The third-order valence-corrected chi connectivity index (χ3v) is 10.7. The van der Waals surface area contributed by atoms with Gasteiger partial charge in [-0.25, -0.2) is 4.79 Å². The molecule has 1 aliphatic heterocycles. The van der Waals surface area contributed by atoms with Crippen LogP contribution < -0.4 is 9.64 Å². The van der Waals surface area contributed by atoms with Crippen molar-refractivity contribution in [1.82, 2.24) is 0 Å². The van der Waals surface area contributed by atoms with E-state index in [1.54, 1.807) is 12.1 Å². The van der Waals surface area contributed by atoms with Gasteiger partial charge in [0.1, 0.15) is 11.8 Å². The fraction of sp³-hybridized carbons (Fsp3) is 0.346. The molecule has 1 heterocycles. The Bertz CT molecular complexity index is 1010. The molecule has 3 rings (SSSR count). The number of benzene rings is 2. The normalized spacial score (nSPS) is 17.3. The highest BCUT2D eigenvalue weighted by Crippen LogP contribution is 2.42. The van der Waals surface area contributed by atoms with Crippen molar-refractivity contribution in [3.05, 3.63) is 66.2 Å². The van der Waals surface area contributed by atoms with E-state index in [0.717, 1.165) is 16.8 Å². The second-order valence-electron chi connectivity index (χ2n) is 9.32. The van der Waals surface area contributed by atoms with Gasteiger partial charge in [-0.2, -0.15) is 0 Å². The highest BCUT2D eigenvalue weighted by molar-refractivity contribution is 6.74. The Kier molecular flexibility index (Phi) is 6.45. The van der Waals surface area contributed by atoms with Gasteiger partial charge >= 0.3 is 6.09 Å². The highest BCUT2D eigenvalue weighted by Gasteiger charge is 2.40. The molecule has 0 fully saturated rings. The van der Waals surface area contributed by atoms with Gasteiger partial charge in [0, 0.05) is 5.56 Å². The SMILES string of the molecule is C#CC1C=C(C(C)O[Si](C)(C)C(C)(C)C)c2ccccc2N1C(=O)Oc1ccccc1. The molecule has 31 heavy (non-hydrogen) atoms. The summed E-state index contributed by atoms with van der Waals surface area (Å²) in [5, 5.41) is 0.0903. The van der Waals surface area contributed by atoms with E-state index in [9.17, 15) is 4.79 Å². The second kappa shape index (κ2) is 8.74. The van der Waals surface area contributed by atoms with Crippen LogP contribution in [0.3, 0.4) is 0 Å². The predicted octanol–water partition coefficient (Wildman–Crippen LogP) is 6.50. The van der Waals surface area contributed by atoms with Crippen molar-refractivity contribution in [2.24, 2.45) is 0 Å². The Morgan fingerprint density at radius 2 is 1.71 bits per heavy atom. The van der Waals surface area contributed by atoms with Crippen molar-refractivity contribution < 1.29 is 14.0 Å². The molecule has 0 radical (unpaired) electrons. The van der Waals surface area contributed by atoms with Gasteiger partial charge in [0.2, 0.25) is 0 Å². The first-order valence-electron chi connectivity index (χ1n) is 10.6. The number of hydrogen-bond acceptors (Lipinski definition) is 3. The van der Waals surface area contributed by atoms with E-state index < -0.39 is 20.5 Å². The van der Waals surface area contributed by atoms with Gasteiger partial charge in [-0.3, -0.25) is 4.90 Å². The summed E-state index contributed by atoms with van der Waals surface area (Å²) in [6.45, 7) is 13.2. The standard InChI is InChI=1S/C26H31NO3Si/c1-8-20-18-23(19(2)30-31(6,7)26(3,4)5)22-16-12-13-17-24(22)27(20)25(28)29-21-14-10-9-11-15-21/h1,9-20H,2-7H3. The predicted molar refractivity (Wildman–Crippen MR) is 130 cm³/mol. The lowest BCUT2D eigenvalue weighted by Gasteiger charge is -2.40. The zero-order valence-corrected chi connectivity index (χ0v) is 20.2. The number of ether oxygens (including phenoxy) is 1. The highest BCUT2D eigenvalue weighted by atomic mass is 28.4. The molecule has 0 saturated heterocycles. The number of carbonyl (C=O) groups excluding carboxylic acids is 1. The molecule has 0 saturated carbocycles. The molecule has 1 aliphatic rings. The van der Waals surface area contributed by atoms with Crippen molar-refractivity contribution in [3.8, 4) is 18.1 Å². The van der Waals surface area contributed by atoms with Crippen LogP contribution in [-0.2, 0) is 4.43 Å². The number of fused-ring (bicyclic) bond motifs is 1. The van der Waals surface area contributed by atoms with Crippen LogP contribution in [-0.4, -0.2) is 26.6 Å². The Hall–Kier alpha value is -2.81. The minimum Gasteiger partial charge on any atom is -0.410 e. The van der Waals surface area contributed by atoms with Crippen LogP contribution in [0.2, 0.25) is 18.1 Å². The number of nitrogens with zero attached hydrogens (tertiary/aromatic N) is 1. The number of para-hydroxylation sites is 2. The summed E-state index contributed by atoms with van der Waals surface area (Å²) in [7, 11) is -1.99. The summed E-state index contributed by atoms with van der Waals surface area (Å²) in [5.74, 6) is 3.22. The first-order valence-corrected chi connectivity index (χ1v) is 13.5. The van der Waals surface area contributed by atoms with E-state index in [1.165, 1.54) is 4.90 Å². The summed E-state index contributed by atoms with van der Waals surface area (Å²) in [5.41, 5.74) is 2.67.